The van der Waals surface area contributed by atoms with Crippen LogP contribution in [0.25, 0.3) is 0 Å². The summed E-state index contributed by atoms with van der Waals surface area (Å²) in [5.74, 6) is 0.919. The minimum atomic E-state index is -0.169. The molecular weight excluding hydrogens is 229 g/mol. The highest BCUT2D eigenvalue weighted by Crippen LogP contribution is 2.24. The summed E-state index contributed by atoms with van der Waals surface area (Å²) in [6, 6.07) is 7.07. The van der Waals surface area contributed by atoms with E-state index < -0.39 is 0 Å². The van der Waals surface area contributed by atoms with Gasteiger partial charge in [-0.05, 0) is 24.6 Å². The highest BCUT2D eigenvalue weighted by atomic mass is 19.1. The van der Waals surface area contributed by atoms with Gasteiger partial charge in [0, 0.05) is 31.5 Å². The average molecular weight is 245 g/mol. The maximum atomic E-state index is 13.2. The van der Waals surface area contributed by atoms with Crippen molar-refractivity contribution >= 4 is 0 Å². The molecule has 1 aromatic carbocycles. The molecule has 1 aliphatic rings. The van der Waals surface area contributed by atoms with Crippen LogP contribution in [0.1, 0.15) is 24.4 Å². The zero-order valence-electron chi connectivity index (χ0n) is 10.4. The van der Waals surface area contributed by atoms with E-state index in [1.807, 2.05) is 18.5 Å². The van der Waals surface area contributed by atoms with Crippen LogP contribution in [0.5, 0.6) is 0 Å². The summed E-state index contributed by atoms with van der Waals surface area (Å²) in [7, 11) is 0. The molecule has 3 rings (SSSR count). The third kappa shape index (κ3) is 2.04. The Kier molecular flexibility index (Phi) is 2.88. The SMILES string of the molecule is C[C@@H](c1cccc(F)c1)N1CCn2ccnc2C1. The van der Waals surface area contributed by atoms with E-state index in [9.17, 15) is 4.39 Å². The summed E-state index contributed by atoms with van der Waals surface area (Å²) in [5.41, 5.74) is 1.02. The molecule has 0 N–H and O–H groups in total. The molecule has 3 nitrogen and oxygen atoms in total. The van der Waals surface area contributed by atoms with Crippen molar-refractivity contribution in [2.75, 3.05) is 6.54 Å². The Hall–Kier alpha value is -1.68. The van der Waals surface area contributed by atoms with E-state index in [-0.39, 0.29) is 11.9 Å². The first kappa shape index (κ1) is 11.4. The number of aromatic nitrogens is 2. The quantitative estimate of drug-likeness (QED) is 0.811. The number of benzene rings is 1. The Balaban J connectivity index is 1.80. The summed E-state index contributed by atoms with van der Waals surface area (Å²) < 4.78 is 15.4. The normalized spacial score (nSPS) is 17.4. The zero-order valence-corrected chi connectivity index (χ0v) is 10.4. The van der Waals surface area contributed by atoms with Crippen LogP contribution in [0.15, 0.2) is 36.7 Å². The fourth-order valence-corrected chi connectivity index (χ4v) is 2.50. The standard InChI is InChI=1S/C14H16FN3/c1-11(12-3-2-4-13(15)9-12)18-8-7-17-6-5-16-14(17)10-18/h2-6,9,11H,7-8,10H2,1H3/t11-/m0/s1. The number of hydrogen-bond acceptors (Lipinski definition) is 2. The fourth-order valence-electron chi connectivity index (χ4n) is 2.50. The van der Waals surface area contributed by atoms with Gasteiger partial charge in [0.1, 0.15) is 11.6 Å². The molecule has 0 amide bonds. The lowest BCUT2D eigenvalue weighted by atomic mass is 10.1. The highest BCUT2D eigenvalue weighted by molar-refractivity contribution is 5.20. The summed E-state index contributed by atoms with van der Waals surface area (Å²) in [6.45, 7) is 4.87. The Bertz CT molecular complexity index is 549. The van der Waals surface area contributed by atoms with Gasteiger partial charge in [0.15, 0.2) is 0 Å². The third-order valence-electron chi connectivity index (χ3n) is 3.65. The Morgan fingerprint density at radius 2 is 2.22 bits per heavy atom. The van der Waals surface area contributed by atoms with Gasteiger partial charge in [-0.25, -0.2) is 9.37 Å². The molecule has 94 valence electrons. The fraction of sp³-hybridized carbons (Fsp3) is 0.357. The first-order chi connectivity index (χ1) is 8.74. The average Bonchev–Trinajstić information content (AvgIpc) is 2.85. The molecular formula is C14H16FN3. The van der Waals surface area contributed by atoms with Gasteiger partial charge in [0.05, 0.1) is 6.54 Å². The number of imidazole rings is 1. The molecule has 0 unspecified atom stereocenters. The van der Waals surface area contributed by atoms with Gasteiger partial charge in [-0.2, -0.15) is 0 Å². The van der Waals surface area contributed by atoms with E-state index in [2.05, 4.69) is 21.4 Å². The molecule has 0 spiro atoms. The molecule has 0 bridgehead atoms. The number of fused-ring (bicyclic) bond motifs is 1. The first-order valence-electron chi connectivity index (χ1n) is 6.23. The van der Waals surface area contributed by atoms with Gasteiger partial charge in [-0.1, -0.05) is 12.1 Å². The molecule has 4 heteroatoms. The molecule has 0 radical (unpaired) electrons. The van der Waals surface area contributed by atoms with Crippen LogP contribution in [-0.2, 0) is 13.1 Å². The van der Waals surface area contributed by atoms with E-state index in [4.69, 9.17) is 0 Å². The second-order valence-corrected chi connectivity index (χ2v) is 4.74. The lowest BCUT2D eigenvalue weighted by Gasteiger charge is -2.33. The minimum absolute atomic E-state index is 0.169. The molecule has 1 aromatic heterocycles. The van der Waals surface area contributed by atoms with Crippen LogP contribution in [0, 0.1) is 5.82 Å². The van der Waals surface area contributed by atoms with Crippen molar-refractivity contribution in [2.24, 2.45) is 0 Å². The summed E-state index contributed by atoms with van der Waals surface area (Å²) in [4.78, 5) is 6.68. The molecule has 0 saturated carbocycles. The maximum absolute atomic E-state index is 13.2. The summed E-state index contributed by atoms with van der Waals surface area (Å²) in [5, 5.41) is 0. The van der Waals surface area contributed by atoms with E-state index in [0.717, 1.165) is 31.0 Å². The van der Waals surface area contributed by atoms with Crippen molar-refractivity contribution in [3.05, 3.63) is 53.9 Å². The number of nitrogens with zero attached hydrogens (tertiary/aromatic N) is 3. The predicted molar refractivity (Wildman–Crippen MR) is 67.5 cm³/mol. The van der Waals surface area contributed by atoms with Gasteiger partial charge >= 0.3 is 0 Å². The number of hydrogen-bond donors (Lipinski definition) is 0. The van der Waals surface area contributed by atoms with E-state index in [0.29, 0.717) is 0 Å². The smallest absolute Gasteiger partial charge is 0.123 e. The highest BCUT2D eigenvalue weighted by Gasteiger charge is 2.22. The van der Waals surface area contributed by atoms with E-state index in [1.54, 1.807) is 12.1 Å². The molecule has 1 atom stereocenters. The van der Waals surface area contributed by atoms with Crippen molar-refractivity contribution < 1.29 is 4.39 Å². The predicted octanol–water partition coefficient (Wildman–Crippen LogP) is 2.60. The second kappa shape index (κ2) is 4.53. The lowest BCUT2D eigenvalue weighted by Crippen LogP contribution is -2.35. The van der Waals surface area contributed by atoms with Crippen LogP contribution < -0.4 is 0 Å². The molecule has 0 aliphatic carbocycles. The third-order valence-corrected chi connectivity index (χ3v) is 3.65. The van der Waals surface area contributed by atoms with Gasteiger partial charge in [0.2, 0.25) is 0 Å². The van der Waals surface area contributed by atoms with Gasteiger partial charge in [-0.3, -0.25) is 4.90 Å². The largest absolute Gasteiger partial charge is 0.333 e. The van der Waals surface area contributed by atoms with Crippen LogP contribution in [0.4, 0.5) is 4.39 Å². The van der Waals surface area contributed by atoms with Crippen molar-refractivity contribution in [3.8, 4) is 0 Å². The molecule has 2 aromatic rings. The monoisotopic (exact) mass is 245 g/mol. The van der Waals surface area contributed by atoms with Crippen molar-refractivity contribution in [1.82, 2.24) is 14.5 Å². The Morgan fingerprint density at radius 3 is 3.06 bits per heavy atom. The zero-order chi connectivity index (χ0) is 12.5. The molecule has 18 heavy (non-hydrogen) atoms. The van der Waals surface area contributed by atoms with Crippen molar-refractivity contribution in [2.45, 2.75) is 26.1 Å². The van der Waals surface area contributed by atoms with Crippen LogP contribution in [0.2, 0.25) is 0 Å². The topological polar surface area (TPSA) is 21.1 Å². The molecule has 2 heterocycles. The summed E-state index contributed by atoms with van der Waals surface area (Å²) >= 11 is 0. The number of rotatable bonds is 2. The Labute approximate surface area is 106 Å². The van der Waals surface area contributed by atoms with E-state index in [1.165, 1.54) is 6.07 Å². The van der Waals surface area contributed by atoms with Gasteiger partial charge in [0.25, 0.3) is 0 Å². The van der Waals surface area contributed by atoms with Crippen molar-refractivity contribution in [3.63, 3.8) is 0 Å². The Morgan fingerprint density at radius 1 is 1.33 bits per heavy atom. The summed E-state index contributed by atoms with van der Waals surface area (Å²) in [6.07, 6.45) is 3.85. The second-order valence-electron chi connectivity index (χ2n) is 4.74. The van der Waals surface area contributed by atoms with E-state index >= 15 is 0 Å². The molecule has 0 saturated heterocycles. The lowest BCUT2D eigenvalue weighted by molar-refractivity contribution is 0.163. The van der Waals surface area contributed by atoms with Crippen LogP contribution in [-0.4, -0.2) is 21.0 Å². The van der Waals surface area contributed by atoms with Crippen LogP contribution in [0.3, 0.4) is 0 Å². The molecule has 0 fully saturated rings. The van der Waals surface area contributed by atoms with Gasteiger partial charge < -0.3 is 4.57 Å². The van der Waals surface area contributed by atoms with Crippen molar-refractivity contribution in [1.29, 1.82) is 0 Å². The minimum Gasteiger partial charge on any atom is -0.333 e. The molecule has 1 aliphatic heterocycles. The first-order valence-corrected chi connectivity index (χ1v) is 6.23. The van der Waals surface area contributed by atoms with Gasteiger partial charge in [-0.15, -0.1) is 0 Å². The maximum Gasteiger partial charge on any atom is 0.123 e. The number of halogens is 1. The van der Waals surface area contributed by atoms with Crippen LogP contribution >= 0.6 is 0 Å².